The first-order chi connectivity index (χ1) is 10.9. The topological polar surface area (TPSA) is 62.6 Å². The number of pyridine rings is 1. The highest BCUT2D eigenvalue weighted by Crippen LogP contribution is 2.16. The summed E-state index contributed by atoms with van der Waals surface area (Å²) in [5.74, 6) is 0. The molecule has 2 aliphatic heterocycles. The van der Waals surface area contributed by atoms with E-state index >= 15 is 0 Å². The predicted octanol–water partition coefficient (Wildman–Crippen LogP) is 0.304. The Balaban J connectivity index is 1.81. The van der Waals surface area contributed by atoms with E-state index < -0.39 is 10.0 Å². The van der Waals surface area contributed by atoms with Crippen molar-refractivity contribution in [2.24, 2.45) is 0 Å². The summed E-state index contributed by atoms with van der Waals surface area (Å²) in [5, 5.41) is 0. The fraction of sp³-hybridized carbons (Fsp3) is 0.688. The molecule has 0 radical (unpaired) electrons. The zero-order valence-corrected chi connectivity index (χ0v) is 14.5. The SMILES string of the molecule is CS(=O)(=O)N1CCc2ccc(=O)n(CCN3CCCC3)c2CC1. The Morgan fingerprint density at radius 3 is 2.39 bits per heavy atom. The molecule has 0 saturated carbocycles. The van der Waals surface area contributed by atoms with Crippen LogP contribution in [0.3, 0.4) is 0 Å². The zero-order valence-electron chi connectivity index (χ0n) is 13.7. The molecule has 0 unspecified atom stereocenters. The van der Waals surface area contributed by atoms with Crippen molar-refractivity contribution in [1.82, 2.24) is 13.8 Å². The van der Waals surface area contributed by atoms with Gasteiger partial charge in [0.15, 0.2) is 0 Å². The summed E-state index contributed by atoms with van der Waals surface area (Å²) in [7, 11) is -3.18. The van der Waals surface area contributed by atoms with Crippen LogP contribution in [0.1, 0.15) is 24.1 Å². The number of hydrogen-bond acceptors (Lipinski definition) is 4. The summed E-state index contributed by atoms with van der Waals surface area (Å²) in [5.41, 5.74) is 2.15. The van der Waals surface area contributed by atoms with Gasteiger partial charge >= 0.3 is 0 Å². The molecule has 1 aromatic heterocycles. The summed E-state index contributed by atoms with van der Waals surface area (Å²) >= 11 is 0. The van der Waals surface area contributed by atoms with Gasteiger partial charge in [0.05, 0.1) is 6.26 Å². The number of fused-ring (bicyclic) bond motifs is 1. The van der Waals surface area contributed by atoms with Crippen LogP contribution in [0, 0.1) is 0 Å². The Hall–Kier alpha value is -1.18. The van der Waals surface area contributed by atoms with Gasteiger partial charge < -0.3 is 9.47 Å². The number of aromatic nitrogens is 1. The van der Waals surface area contributed by atoms with Gasteiger partial charge in [-0.15, -0.1) is 0 Å². The normalized spacial score (nSPS) is 20.4. The predicted molar refractivity (Wildman–Crippen MR) is 90.2 cm³/mol. The highest BCUT2D eigenvalue weighted by Gasteiger charge is 2.23. The number of rotatable bonds is 4. The lowest BCUT2D eigenvalue weighted by molar-refractivity contribution is 0.318. The van der Waals surface area contributed by atoms with Crippen LogP contribution in [0.25, 0.3) is 0 Å². The van der Waals surface area contributed by atoms with Crippen molar-refractivity contribution in [3.05, 3.63) is 33.7 Å². The van der Waals surface area contributed by atoms with Crippen LogP contribution in [0.5, 0.6) is 0 Å². The Morgan fingerprint density at radius 1 is 1.00 bits per heavy atom. The first kappa shape index (κ1) is 16.7. The van der Waals surface area contributed by atoms with E-state index in [1.165, 1.54) is 23.4 Å². The van der Waals surface area contributed by atoms with Gasteiger partial charge in [0, 0.05) is 44.4 Å². The maximum Gasteiger partial charge on any atom is 0.250 e. The van der Waals surface area contributed by atoms with Gasteiger partial charge in [-0.05, 0) is 37.9 Å². The summed E-state index contributed by atoms with van der Waals surface area (Å²) in [4.78, 5) is 14.7. The third kappa shape index (κ3) is 3.84. The monoisotopic (exact) mass is 339 g/mol. The lowest BCUT2D eigenvalue weighted by Crippen LogP contribution is -2.33. The Labute approximate surface area is 137 Å². The molecule has 0 spiro atoms. The summed E-state index contributed by atoms with van der Waals surface area (Å²) in [6.07, 6.45) is 5.02. The molecule has 0 aromatic carbocycles. The molecule has 2 aliphatic rings. The molecule has 0 amide bonds. The van der Waals surface area contributed by atoms with E-state index in [-0.39, 0.29) is 5.56 Å². The van der Waals surface area contributed by atoms with E-state index in [1.807, 2.05) is 10.6 Å². The molecular weight excluding hydrogens is 314 g/mol. The fourth-order valence-electron chi connectivity index (χ4n) is 3.60. The molecule has 1 fully saturated rings. The summed E-state index contributed by atoms with van der Waals surface area (Å²) in [6.45, 7) is 4.78. The smallest absolute Gasteiger partial charge is 0.250 e. The van der Waals surface area contributed by atoms with Crippen molar-refractivity contribution in [2.75, 3.05) is 39.0 Å². The lowest BCUT2D eigenvalue weighted by atomic mass is 10.1. The molecule has 3 heterocycles. The molecule has 1 aromatic rings. The van der Waals surface area contributed by atoms with Crippen LogP contribution in [0.4, 0.5) is 0 Å². The van der Waals surface area contributed by atoms with E-state index in [4.69, 9.17) is 0 Å². The molecule has 23 heavy (non-hydrogen) atoms. The van der Waals surface area contributed by atoms with E-state index in [0.717, 1.165) is 30.9 Å². The van der Waals surface area contributed by atoms with Crippen LogP contribution >= 0.6 is 0 Å². The molecule has 128 valence electrons. The summed E-state index contributed by atoms with van der Waals surface area (Å²) < 4.78 is 27.0. The van der Waals surface area contributed by atoms with Crippen molar-refractivity contribution >= 4 is 10.0 Å². The molecule has 0 aliphatic carbocycles. The lowest BCUT2D eigenvalue weighted by Gasteiger charge is -2.19. The van der Waals surface area contributed by atoms with Gasteiger partial charge in [-0.1, -0.05) is 6.07 Å². The molecule has 6 nitrogen and oxygen atoms in total. The zero-order chi connectivity index (χ0) is 16.4. The van der Waals surface area contributed by atoms with Crippen LogP contribution in [0.2, 0.25) is 0 Å². The number of hydrogen-bond donors (Lipinski definition) is 0. The third-order valence-electron chi connectivity index (χ3n) is 4.93. The standard InChI is InChI=1S/C16H25N3O3S/c1-23(21,22)18-10-6-14-4-5-16(20)19(15(14)7-11-18)13-12-17-8-2-3-9-17/h4-5H,2-3,6-13H2,1H3. The van der Waals surface area contributed by atoms with E-state index in [1.54, 1.807) is 6.07 Å². The van der Waals surface area contributed by atoms with Crippen LogP contribution < -0.4 is 5.56 Å². The highest BCUT2D eigenvalue weighted by molar-refractivity contribution is 7.88. The molecule has 0 atom stereocenters. The number of sulfonamides is 1. The third-order valence-corrected chi connectivity index (χ3v) is 6.23. The van der Waals surface area contributed by atoms with Crippen molar-refractivity contribution in [3.8, 4) is 0 Å². The Bertz CT molecular complexity index is 721. The molecular formula is C16H25N3O3S. The second kappa shape index (κ2) is 6.75. The van der Waals surface area contributed by atoms with Crippen LogP contribution in [0.15, 0.2) is 16.9 Å². The molecule has 3 rings (SSSR count). The van der Waals surface area contributed by atoms with Crippen molar-refractivity contribution < 1.29 is 8.42 Å². The van der Waals surface area contributed by atoms with Crippen molar-refractivity contribution in [1.29, 1.82) is 0 Å². The minimum Gasteiger partial charge on any atom is -0.311 e. The fourth-order valence-corrected chi connectivity index (χ4v) is 4.45. The second-order valence-electron chi connectivity index (χ2n) is 6.51. The second-order valence-corrected chi connectivity index (χ2v) is 8.49. The Kier molecular flexibility index (Phi) is 4.89. The van der Waals surface area contributed by atoms with Gasteiger partial charge in [-0.2, -0.15) is 0 Å². The Morgan fingerprint density at radius 2 is 1.70 bits per heavy atom. The van der Waals surface area contributed by atoms with Gasteiger partial charge in [0.1, 0.15) is 0 Å². The van der Waals surface area contributed by atoms with Crippen molar-refractivity contribution in [3.63, 3.8) is 0 Å². The van der Waals surface area contributed by atoms with Gasteiger partial charge in [0.25, 0.3) is 5.56 Å². The van der Waals surface area contributed by atoms with Gasteiger partial charge in [-0.3, -0.25) is 4.79 Å². The van der Waals surface area contributed by atoms with E-state index in [2.05, 4.69) is 4.90 Å². The highest BCUT2D eigenvalue weighted by atomic mass is 32.2. The van der Waals surface area contributed by atoms with Crippen LogP contribution in [-0.2, 0) is 29.4 Å². The maximum absolute atomic E-state index is 12.3. The van der Waals surface area contributed by atoms with E-state index in [9.17, 15) is 13.2 Å². The number of likely N-dealkylation sites (tertiary alicyclic amines) is 1. The van der Waals surface area contributed by atoms with Crippen LogP contribution in [-0.4, -0.2) is 61.2 Å². The molecule has 1 saturated heterocycles. The summed E-state index contributed by atoms with van der Waals surface area (Å²) in [6, 6.07) is 3.49. The molecule has 0 bridgehead atoms. The largest absolute Gasteiger partial charge is 0.311 e. The molecule has 7 heteroatoms. The average molecular weight is 339 g/mol. The molecule has 0 N–H and O–H groups in total. The van der Waals surface area contributed by atoms with Gasteiger partial charge in [0.2, 0.25) is 10.0 Å². The minimum atomic E-state index is -3.18. The minimum absolute atomic E-state index is 0.0238. The van der Waals surface area contributed by atoms with Gasteiger partial charge in [-0.25, -0.2) is 12.7 Å². The quantitative estimate of drug-likeness (QED) is 0.792. The van der Waals surface area contributed by atoms with E-state index in [0.29, 0.717) is 32.5 Å². The first-order valence-corrected chi connectivity index (χ1v) is 10.2. The average Bonchev–Trinajstić information content (AvgIpc) is 2.90. The first-order valence-electron chi connectivity index (χ1n) is 8.34. The van der Waals surface area contributed by atoms with Crippen molar-refractivity contribution in [2.45, 2.75) is 32.2 Å². The number of nitrogens with zero attached hydrogens (tertiary/aromatic N) is 3. The maximum atomic E-state index is 12.3.